The van der Waals surface area contributed by atoms with E-state index in [9.17, 15) is 13.2 Å². The summed E-state index contributed by atoms with van der Waals surface area (Å²) < 4.78 is 39.7. The third kappa shape index (κ3) is 2.20. The van der Waals surface area contributed by atoms with Crippen molar-refractivity contribution in [3.05, 3.63) is 29.6 Å². The Kier molecular flexibility index (Phi) is 3.17. The lowest BCUT2D eigenvalue weighted by Crippen LogP contribution is -2.55. The van der Waals surface area contributed by atoms with E-state index in [2.05, 4.69) is 4.90 Å². The lowest BCUT2D eigenvalue weighted by molar-refractivity contribution is 0.202. The van der Waals surface area contributed by atoms with Crippen molar-refractivity contribution in [3.63, 3.8) is 0 Å². The summed E-state index contributed by atoms with van der Waals surface area (Å²) in [6.45, 7) is 4.79. The first-order valence-corrected chi connectivity index (χ1v) is 6.71. The summed E-state index contributed by atoms with van der Waals surface area (Å²) in [5.41, 5.74) is 0.440. The molecule has 2 fully saturated rings. The molecular weight excluding hydrogens is 253 g/mol. The van der Waals surface area contributed by atoms with Gasteiger partial charge >= 0.3 is 0 Å². The van der Waals surface area contributed by atoms with Gasteiger partial charge in [0.25, 0.3) is 0 Å². The number of nitrogens with zero attached hydrogens (tertiary/aromatic N) is 2. The van der Waals surface area contributed by atoms with Crippen molar-refractivity contribution in [2.75, 3.05) is 24.5 Å². The van der Waals surface area contributed by atoms with Crippen LogP contribution in [0.2, 0.25) is 0 Å². The number of benzene rings is 1. The predicted octanol–water partition coefficient (Wildman–Crippen LogP) is 2.78. The number of halogens is 3. The molecular formula is C14H17F3N2. The largest absolute Gasteiger partial charge is 0.366 e. The summed E-state index contributed by atoms with van der Waals surface area (Å²) in [7, 11) is 0. The smallest absolute Gasteiger partial charge is 0.194 e. The first-order chi connectivity index (χ1) is 9.06. The van der Waals surface area contributed by atoms with Gasteiger partial charge < -0.3 is 4.90 Å². The number of hydrogen-bond donors (Lipinski definition) is 0. The molecule has 2 heterocycles. The minimum atomic E-state index is -1.39. The summed E-state index contributed by atoms with van der Waals surface area (Å²) in [5.74, 6) is -3.62. The normalized spacial score (nSPS) is 27.7. The average molecular weight is 270 g/mol. The highest BCUT2D eigenvalue weighted by Crippen LogP contribution is 2.30. The zero-order valence-electron chi connectivity index (χ0n) is 10.9. The molecule has 3 rings (SSSR count). The number of anilines is 1. The second kappa shape index (κ2) is 4.71. The molecule has 0 aromatic heterocycles. The van der Waals surface area contributed by atoms with Gasteiger partial charge in [0.2, 0.25) is 0 Å². The second-order valence-corrected chi connectivity index (χ2v) is 5.52. The van der Waals surface area contributed by atoms with Crippen molar-refractivity contribution in [1.29, 1.82) is 0 Å². The fourth-order valence-electron chi connectivity index (χ4n) is 3.26. The average Bonchev–Trinajstić information content (AvgIpc) is 2.81. The maximum absolute atomic E-state index is 13.3. The third-order valence-corrected chi connectivity index (χ3v) is 4.24. The molecule has 0 spiro atoms. The van der Waals surface area contributed by atoms with E-state index in [0.29, 0.717) is 11.7 Å². The van der Waals surface area contributed by atoms with Gasteiger partial charge in [0.1, 0.15) is 0 Å². The fourth-order valence-corrected chi connectivity index (χ4v) is 3.26. The zero-order valence-corrected chi connectivity index (χ0v) is 10.9. The molecule has 0 amide bonds. The van der Waals surface area contributed by atoms with Crippen molar-refractivity contribution < 1.29 is 13.2 Å². The van der Waals surface area contributed by atoms with E-state index >= 15 is 0 Å². The van der Waals surface area contributed by atoms with E-state index in [4.69, 9.17) is 0 Å². The van der Waals surface area contributed by atoms with E-state index < -0.39 is 17.5 Å². The van der Waals surface area contributed by atoms with Gasteiger partial charge in [-0.25, -0.2) is 13.2 Å². The second-order valence-electron chi connectivity index (χ2n) is 5.52. The van der Waals surface area contributed by atoms with Crippen LogP contribution >= 0.6 is 0 Å². The maximum atomic E-state index is 13.3. The number of fused-ring (bicyclic) bond motifs is 1. The Morgan fingerprint density at radius 2 is 1.79 bits per heavy atom. The third-order valence-electron chi connectivity index (χ3n) is 4.24. The molecule has 0 bridgehead atoms. The standard InChI is InChI=1S/C14H17F3N2/c1-9-7-18-4-2-3-10(18)8-19(9)11-5-12(15)14(17)13(16)6-11/h5-6,9-10H,2-4,7-8H2,1H3. The quantitative estimate of drug-likeness (QED) is 0.724. The van der Waals surface area contributed by atoms with Gasteiger partial charge in [-0.3, -0.25) is 4.90 Å². The molecule has 0 radical (unpaired) electrons. The molecule has 1 aromatic carbocycles. The van der Waals surface area contributed by atoms with Crippen LogP contribution in [0.3, 0.4) is 0 Å². The van der Waals surface area contributed by atoms with Gasteiger partial charge in [0.15, 0.2) is 17.5 Å². The maximum Gasteiger partial charge on any atom is 0.194 e. The molecule has 0 N–H and O–H groups in total. The molecule has 0 saturated carbocycles. The first kappa shape index (κ1) is 12.8. The Hall–Kier alpha value is -1.23. The van der Waals surface area contributed by atoms with Crippen molar-refractivity contribution in [2.45, 2.75) is 31.8 Å². The van der Waals surface area contributed by atoms with Gasteiger partial charge in [-0.2, -0.15) is 0 Å². The minimum absolute atomic E-state index is 0.179. The van der Waals surface area contributed by atoms with Crippen LogP contribution in [0.4, 0.5) is 18.9 Å². The number of hydrogen-bond acceptors (Lipinski definition) is 2. The minimum Gasteiger partial charge on any atom is -0.366 e. The fraction of sp³-hybridized carbons (Fsp3) is 0.571. The lowest BCUT2D eigenvalue weighted by atomic mass is 10.1. The molecule has 2 saturated heterocycles. The molecule has 1 aromatic rings. The van der Waals surface area contributed by atoms with E-state index in [1.54, 1.807) is 0 Å². The van der Waals surface area contributed by atoms with Gasteiger partial charge in [-0.15, -0.1) is 0 Å². The highest BCUT2D eigenvalue weighted by atomic mass is 19.2. The van der Waals surface area contributed by atoms with Gasteiger partial charge in [-0.05, 0) is 26.3 Å². The van der Waals surface area contributed by atoms with Gasteiger partial charge in [0.05, 0.1) is 0 Å². The summed E-state index contributed by atoms with van der Waals surface area (Å²) in [6.07, 6.45) is 2.30. The Bertz CT molecular complexity index is 469. The van der Waals surface area contributed by atoms with Gasteiger partial charge in [0, 0.05) is 43.0 Å². The number of rotatable bonds is 1. The van der Waals surface area contributed by atoms with E-state index in [0.717, 1.165) is 38.2 Å². The van der Waals surface area contributed by atoms with Crippen LogP contribution < -0.4 is 4.90 Å². The van der Waals surface area contributed by atoms with Crippen LogP contribution in [0.1, 0.15) is 19.8 Å². The monoisotopic (exact) mass is 270 g/mol. The number of piperazine rings is 1. The lowest BCUT2D eigenvalue weighted by Gasteiger charge is -2.43. The molecule has 2 atom stereocenters. The first-order valence-electron chi connectivity index (χ1n) is 6.71. The Morgan fingerprint density at radius 3 is 2.47 bits per heavy atom. The van der Waals surface area contributed by atoms with Crippen LogP contribution in [-0.4, -0.2) is 36.6 Å². The molecule has 0 aliphatic carbocycles. The van der Waals surface area contributed by atoms with Crippen LogP contribution in [0.5, 0.6) is 0 Å². The van der Waals surface area contributed by atoms with Crippen molar-refractivity contribution >= 4 is 5.69 Å². The van der Waals surface area contributed by atoms with Gasteiger partial charge in [-0.1, -0.05) is 0 Å². The predicted molar refractivity (Wildman–Crippen MR) is 67.7 cm³/mol. The van der Waals surface area contributed by atoms with E-state index in [1.807, 2.05) is 11.8 Å². The Morgan fingerprint density at radius 1 is 1.11 bits per heavy atom. The molecule has 104 valence electrons. The topological polar surface area (TPSA) is 6.48 Å². The SMILES string of the molecule is CC1CN2CCCC2CN1c1cc(F)c(F)c(F)c1. The molecule has 2 unspecified atom stereocenters. The molecule has 5 heteroatoms. The van der Waals surface area contributed by atoms with Crippen LogP contribution in [-0.2, 0) is 0 Å². The Labute approximate surface area is 110 Å². The zero-order chi connectivity index (χ0) is 13.6. The Balaban J connectivity index is 1.89. The van der Waals surface area contributed by atoms with Crippen LogP contribution in [0.25, 0.3) is 0 Å². The molecule has 19 heavy (non-hydrogen) atoms. The summed E-state index contributed by atoms with van der Waals surface area (Å²) in [4.78, 5) is 4.41. The highest BCUT2D eigenvalue weighted by molar-refractivity contribution is 5.49. The van der Waals surface area contributed by atoms with Crippen LogP contribution in [0.15, 0.2) is 12.1 Å². The summed E-state index contributed by atoms with van der Waals surface area (Å²) in [6, 6.07) is 2.82. The summed E-state index contributed by atoms with van der Waals surface area (Å²) >= 11 is 0. The van der Waals surface area contributed by atoms with Crippen LogP contribution in [0, 0.1) is 17.5 Å². The van der Waals surface area contributed by atoms with Crippen molar-refractivity contribution in [3.8, 4) is 0 Å². The molecule has 2 nitrogen and oxygen atoms in total. The van der Waals surface area contributed by atoms with Crippen molar-refractivity contribution in [2.24, 2.45) is 0 Å². The highest BCUT2D eigenvalue weighted by Gasteiger charge is 2.34. The molecule has 2 aliphatic rings. The molecule has 2 aliphatic heterocycles. The van der Waals surface area contributed by atoms with E-state index in [1.165, 1.54) is 6.42 Å². The van der Waals surface area contributed by atoms with E-state index in [-0.39, 0.29) is 6.04 Å². The summed E-state index contributed by atoms with van der Waals surface area (Å²) in [5, 5.41) is 0. The van der Waals surface area contributed by atoms with Crippen molar-refractivity contribution in [1.82, 2.24) is 4.90 Å².